The van der Waals surface area contributed by atoms with Gasteiger partial charge in [0.2, 0.25) is 0 Å². The first-order valence-electron chi connectivity index (χ1n) is 7.55. The van der Waals surface area contributed by atoms with Crippen LogP contribution in [0.25, 0.3) is 0 Å². The van der Waals surface area contributed by atoms with Crippen molar-refractivity contribution in [3.05, 3.63) is 24.8 Å². The second-order valence-electron chi connectivity index (χ2n) is 4.98. The van der Waals surface area contributed by atoms with E-state index in [4.69, 9.17) is 9.84 Å². The van der Waals surface area contributed by atoms with Crippen molar-refractivity contribution in [2.24, 2.45) is 5.92 Å². The number of rotatable bonds is 9. The summed E-state index contributed by atoms with van der Waals surface area (Å²) in [6.45, 7) is 14.4. The molecule has 0 spiro atoms. The van der Waals surface area contributed by atoms with Crippen LogP contribution in [0, 0.1) is 5.92 Å². The second kappa shape index (κ2) is 13.4. The number of hydrogen-bond acceptors (Lipinski definition) is 3. The second-order valence-corrected chi connectivity index (χ2v) is 4.98. The van der Waals surface area contributed by atoms with Gasteiger partial charge in [-0.2, -0.15) is 0 Å². The van der Waals surface area contributed by atoms with Gasteiger partial charge in [-0.05, 0) is 32.1 Å². The number of aliphatic carboxylic acids is 1. The van der Waals surface area contributed by atoms with Crippen molar-refractivity contribution < 1.29 is 19.4 Å². The van der Waals surface area contributed by atoms with Crippen molar-refractivity contribution in [2.45, 2.75) is 65.9 Å². The van der Waals surface area contributed by atoms with Crippen molar-refractivity contribution in [3.8, 4) is 0 Å². The molecule has 0 aromatic heterocycles. The number of esters is 1. The van der Waals surface area contributed by atoms with E-state index in [9.17, 15) is 9.59 Å². The van der Waals surface area contributed by atoms with Crippen LogP contribution < -0.4 is 0 Å². The van der Waals surface area contributed by atoms with Gasteiger partial charge in [-0.3, -0.25) is 0 Å². The maximum Gasteiger partial charge on any atom is 0.330 e. The summed E-state index contributed by atoms with van der Waals surface area (Å²) in [5.41, 5.74) is 0.176. The van der Waals surface area contributed by atoms with E-state index in [1.54, 1.807) is 0 Å². The van der Waals surface area contributed by atoms with Crippen LogP contribution in [-0.4, -0.2) is 23.1 Å². The fourth-order valence-corrected chi connectivity index (χ4v) is 1.83. The molecule has 0 aliphatic rings. The zero-order valence-corrected chi connectivity index (χ0v) is 13.9. The fourth-order valence-electron chi connectivity index (χ4n) is 1.83. The van der Waals surface area contributed by atoms with Gasteiger partial charge in [0, 0.05) is 11.6 Å². The Labute approximate surface area is 128 Å². The molecule has 0 saturated heterocycles. The highest BCUT2D eigenvalue weighted by Crippen LogP contribution is 2.22. The topological polar surface area (TPSA) is 63.6 Å². The molecule has 0 aromatic rings. The van der Waals surface area contributed by atoms with Gasteiger partial charge < -0.3 is 9.84 Å². The molecule has 0 aromatic carbocycles. The molecule has 0 fully saturated rings. The maximum atomic E-state index is 11.1. The van der Waals surface area contributed by atoms with Gasteiger partial charge in [-0.25, -0.2) is 9.59 Å². The van der Waals surface area contributed by atoms with Crippen LogP contribution in [0.1, 0.15) is 59.8 Å². The molecule has 4 heteroatoms. The summed E-state index contributed by atoms with van der Waals surface area (Å²) >= 11 is 0. The third kappa shape index (κ3) is 11.9. The van der Waals surface area contributed by atoms with Crippen LogP contribution >= 0.6 is 0 Å². The third-order valence-corrected chi connectivity index (χ3v) is 3.18. The molecule has 122 valence electrons. The summed E-state index contributed by atoms with van der Waals surface area (Å²) in [5.74, 6) is -0.731. The van der Waals surface area contributed by atoms with E-state index in [1.807, 2.05) is 0 Å². The number of carbonyl (C=O) groups excluding carboxylic acids is 1. The predicted octanol–water partition coefficient (Wildman–Crippen LogP) is 4.36. The van der Waals surface area contributed by atoms with E-state index in [0.717, 1.165) is 19.3 Å². The molecule has 2 atom stereocenters. The van der Waals surface area contributed by atoms with Gasteiger partial charge in [0.1, 0.15) is 6.10 Å². The van der Waals surface area contributed by atoms with Gasteiger partial charge in [0.05, 0.1) is 0 Å². The summed E-state index contributed by atoms with van der Waals surface area (Å²) in [4.78, 5) is 20.7. The molecule has 0 heterocycles. The normalized spacial score (nSPS) is 12.4. The van der Waals surface area contributed by atoms with Gasteiger partial charge in [-0.1, -0.05) is 46.8 Å². The van der Waals surface area contributed by atoms with E-state index in [0.29, 0.717) is 5.92 Å². The van der Waals surface area contributed by atoms with Crippen LogP contribution in [0.3, 0.4) is 0 Å². The molecule has 0 bridgehead atoms. The summed E-state index contributed by atoms with van der Waals surface area (Å²) < 4.78 is 5.34. The Bertz CT molecular complexity index is 322. The van der Waals surface area contributed by atoms with Gasteiger partial charge in [0.15, 0.2) is 0 Å². The fraction of sp³-hybridized carbons (Fsp3) is 0.647. The molecule has 1 N–H and O–H groups in total. The molecule has 4 nitrogen and oxygen atoms in total. The Morgan fingerprint density at radius 3 is 2.05 bits per heavy atom. The first-order chi connectivity index (χ1) is 9.83. The summed E-state index contributed by atoms with van der Waals surface area (Å²) in [5, 5.41) is 7.89. The third-order valence-electron chi connectivity index (χ3n) is 3.18. The monoisotopic (exact) mass is 298 g/mol. The molecular formula is C17H30O4. The minimum Gasteiger partial charge on any atom is -0.478 e. The van der Waals surface area contributed by atoms with Gasteiger partial charge >= 0.3 is 11.9 Å². The van der Waals surface area contributed by atoms with Crippen molar-refractivity contribution in [2.75, 3.05) is 0 Å². The Morgan fingerprint density at radius 2 is 1.76 bits per heavy atom. The lowest BCUT2D eigenvalue weighted by Gasteiger charge is -2.24. The molecular weight excluding hydrogens is 268 g/mol. The van der Waals surface area contributed by atoms with Gasteiger partial charge in [-0.15, -0.1) is 0 Å². The number of unbranched alkanes of at least 4 members (excludes halogenated alkanes) is 1. The smallest absolute Gasteiger partial charge is 0.330 e. The molecule has 0 rings (SSSR count). The minimum absolute atomic E-state index is 0.0621. The van der Waals surface area contributed by atoms with Crippen molar-refractivity contribution in [1.82, 2.24) is 0 Å². The quantitative estimate of drug-likeness (QED) is 0.507. The Kier molecular flexibility index (Phi) is 13.9. The highest BCUT2D eigenvalue weighted by atomic mass is 16.5. The van der Waals surface area contributed by atoms with Crippen molar-refractivity contribution in [3.63, 3.8) is 0 Å². The number of carboxylic acid groups (broad SMARTS) is 1. The largest absolute Gasteiger partial charge is 0.478 e. The Balaban J connectivity index is 0. The van der Waals surface area contributed by atoms with Gasteiger partial charge in [0.25, 0.3) is 0 Å². The summed E-state index contributed by atoms with van der Waals surface area (Å²) in [6.07, 6.45) is 6.82. The lowest BCUT2D eigenvalue weighted by atomic mass is 9.92. The standard InChI is InChI=1S/C13H24O2.C4H6O2/c1-5-9-10-11(6-2)12(7-3)15-13(14)8-4;1-3(2)4(5)6/h8,11-12H,4-7,9-10H2,1-3H3;1H2,2H3,(H,5,6). The number of carboxylic acids is 1. The zero-order valence-electron chi connectivity index (χ0n) is 13.9. The van der Waals surface area contributed by atoms with Crippen LogP contribution in [0.2, 0.25) is 0 Å². The van der Waals surface area contributed by atoms with E-state index >= 15 is 0 Å². The van der Waals surface area contributed by atoms with Crippen LogP contribution in [0.15, 0.2) is 24.8 Å². The summed E-state index contributed by atoms with van der Waals surface area (Å²) in [6, 6.07) is 0. The van der Waals surface area contributed by atoms with E-state index in [-0.39, 0.29) is 17.6 Å². The number of ether oxygens (including phenoxy) is 1. The molecule has 0 radical (unpaired) electrons. The van der Waals surface area contributed by atoms with E-state index in [2.05, 4.69) is 33.9 Å². The van der Waals surface area contributed by atoms with Crippen LogP contribution in [-0.2, 0) is 14.3 Å². The summed E-state index contributed by atoms with van der Waals surface area (Å²) in [7, 11) is 0. The lowest BCUT2D eigenvalue weighted by molar-refractivity contribution is -0.146. The molecule has 0 aliphatic carbocycles. The highest BCUT2D eigenvalue weighted by Gasteiger charge is 2.20. The molecule has 0 amide bonds. The number of carbonyl (C=O) groups is 2. The average Bonchev–Trinajstić information content (AvgIpc) is 2.46. The van der Waals surface area contributed by atoms with Crippen molar-refractivity contribution >= 4 is 11.9 Å². The highest BCUT2D eigenvalue weighted by molar-refractivity contribution is 5.84. The lowest BCUT2D eigenvalue weighted by Crippen LogP contribution is -2.25. The number of hydrogen-bond donors (Lipinski definition) is 1. The minimum atomic E-state index is -0.935. The first kappa shape index (κ1) is 21.7. The molecule has 0 aliphatic heterocycles. The van der Waals surface area contributed by atoms with Crippen LogP contribution in [0.5, 0.6) is 0 Å². The molecule has 2 unspecified atom stereocenters. The SMILES string of the molecule is C=C(C)C(=O)O.C=CC(=O)OC(CC)C(CC)CCCC. The van der Waals surface area contributed by atoms with E-state index in [1.165, 1.54) is 25.8 Å². The molecule has 0 saturated carbocycles. The van der Waals surface area contributed by atoms with E-state index < -0.39 is 5.97 Å². The zero-order chi connectivity index (χ0) is 16.8. The maximum absolute atomic E-state index is 11.1. The predicted molar refractivity (Wildman–Crippen MR) is 86.1 cm³/mol. The Hall–Kier alpha value is -1.58. The average molecular weight is 298 g/mol. The van der Waals surface area contributed by atoms with Crippen molar-refractivity contribution in [1.29, 1.82) is 0 Å². The van der Waals surface area contributed by atoms with Crippen LogP contribution in [0.4, 0.5) is 0 Å². The first-order valence-corrected chi connectivity index (χ1v) is 7.55. The Morgan fingerprint density at radius 1 is 1.24 bits per heavy atom. The molecule has 21 heavy (non-hydrogen) atoms.